The minimum absolute atomic E-state index is 0.188. The molecule has 92 valence electrons. The van der Waals surface area contributed by atoms with Gasteiger partial charge in [0, 0.05) is 11.6 Å². The fourth-order valence-corrected chi connectivity index (χ4v) is 1.40. The molecule has 0 aliphatic heterocycles. The van der Waals surface area contributed by atoms with Crippen LogP contribution in [0.2, 0.25) is 0 Å². The summed E-state index contributed by atoms with van der Waals surface area (Å²) in [4.78, 5) is 21.8. The molecule has 0 radical (unpaired) electrons. The molecule has 0 aromatic carbocycles. The first-order valence-corrected chi connectivity index (χ1v) is 5.50. The molecular weight excluding hydrogens is 220 g/mol. The number of hydrogen-bond donors (Lipinski definition) is 1. The van der Waals surface area contributed by atoms with Gasteiger partial charge in [0.15, 0.2) is 0 Å². The second-order valence-corrected chi connectivity index (χ2v) is 3.98. The topological polar surface area (TPSA) is 63.6 Å². The Morgan fingerprint density at radius 3 is 2.59 bits per heavy atom. The number of carbonyl (C=O) groups excluding carboxylic acids is 1. The third kappa shape index (κ3) is 4.26. The largest absolute Gasteiger partial charge is 0.478 e. The van der Waals surface area contributed by atoms with E-state index in [4.69, 9.17) is 9.84 Å². The van der Waals surface area contributed by atoms with Crippen molar-refractivity contribution in [3.63, 3.8) is 0 Å². The van der Waals surface area contributed by atoms with Gasteiger partial charge in [-0.3, -0.25) is 0 Å². The molecule has 0 unspecified atom stereocenters. The first kappa shape index (κ1) is 13.2. The molecular formula is C13H16O4. The first-order chi connectivity index (χ1) is 7.99. The van der Waals surface area contributed by atoms with Crippen LogP contribution in [0.15, 0.2) is 36.5 Å². The van der Waals surface area contributed by atoms with Gasteiger partial charge in [0.2, 0.25) is 0 Å². The van der Waals surface area contributed by atoms with Gasteiger partial charge in [-0.05, 0) is 25.0 Å². The Labute approximate surface area is 100 Å². The molecule has 0 saturated carbocycles. The van der Waals surface area contributed by atoms with Crippen molar-refractivity contribution in [3.8, 4) is 0 Å². The zero-order chi connectivity index (χ0) is 12.9. The van der Waals surface area contributed by atoms with Crippen LogP contribution in [0, 0.1) is 0 Å². The SMILES string of the molecule is C=C(CC=CC(=O)O)C(=O)OC1(CCC)C=C1. The molecule has 0 spiro atoms. The summed E-state index contributed by atoms with van der Waals surface area (Å²) in [6, 6.07) is 0. The van der Waals surface area contributed by atoms with E-state index in [9.17, 15) is 9.59 Å². The highest BCUT2D eigenvalue weighted by Gasteiger charge is 2.37. The molecule has 1 aliphatic rings. The number of carboxylic acids is 1. The Hall–Kier alpha value is -1.84. The van der Waals surface area contributed by atoms with E-state index >= 15 is 0 Å². The molecule has 0 aromatic rings. The van der Waals surface area contributed by atoms with Crippen LogP contribution in [0.5, 0.6) is 0 Å². The normalized spacial score (nSPS) is 15.8. The van der Waals surface area contributed by atoms with E-state index in [0.29, 0.717) is 0 Å². The summed E-state index contributed by atoms with van der Waals surface area (Å²) in [6.07, 6.45) is 7.92. The second kappa shape index (κ2) is 5.48. The van der Waals surface area contributed by atoms with Crippen molar-refractivity contribution in [2.75, 3.05) is 0 Å². The van der Waals surface area contributed by atoms with Gasteiger partial charge >= 0.3 is 11.9 Å². The van der Waals surface area contributed by atoms with Crippen LogP contribution >= 0.6 is 0 Å². The predicted octanol–water partition coefficient (Wildman–Crippen LogP) is 2.23. The number of rotatable bonds is 7. The number of carboxylic acid groups (broad SMARTS) is 1. The molecule has 0 aromatic heterocycles. The van der Waals surface area contributed by atoms with E-state index < -0.39 is 17.5 Å². The van der Waals surface area contributed by atoms with Crippen LogP contribution < -0.4 is 0 Å². The molecule has 0 amide bonds. The lowest BCUT2D eigenvalue weighted by atomic mass is 10.1. The van der Waals surface area contributed by atoms with Crippen LogP contribution in [0.1, 0.15) is 26.2 Å². The smallest absolute Gasteiger partial charge is 0.334 e. The molecule has 0 bridgehead atoms. The molecule has 17 heavy (non-hydrogen) atoms. The molecule has 1 rings (SSSR count). The molecule has 1 aliphatic carbocycles. The van der Waals surface area contributed by atoms with Crippen molar-refractivity contribution in [2.24, 2.45) is 0 Å². The quantitative estimate of drug-likeness (QED) is 0.418. The molecule has 1 N–H and O–H groups in total. The third-order valence-corrected chi connectivity index (χ3v) is 2.38. The van der Waals surface area contributed by atoms with E-state index in [1.807, 2.05) is 19.1 Å². The zero-order valence-electron chi connectivity index (χ0n) is 9.81. The molecule has 4 nitrogen and oxygen atoms in total. The van der Waals surface area contributed by atoms with Gasteiger partial charge in [-0.1, -0.05) is 26.0 Å². The summed E-state index contributed by atoms with van der Waals surface area (Å²) in [6.45, 7) is 5.59. The highest BCUT2D eigenvalue weighted by molar-refractivity contribution is 5.89. The summed E-state index contributed by atoms with van der Waals surface area (Å²) in [7, 11) is 0. The van der Waals surface area contributed by atoms with Crippen molar-refractivity contribution >= 4 is 11.9 Å². The summed E-state index contributed by atoms with van der Waals surface area (Å²) >= 11 is 0. The number of esters is 1. The molecule has 0 fully saturated rings. The Balaban J connectivity index is 2.38. The van der Waals surface area contributed by atoms with E-state index in [1.54, 1.807) is 0 Å². The van der Waals surface area contributed by atoms with Crippen molar-refractivity contribution < 1.29 is 19.4 Å². The third-order valence-electron chi connectivity index (χ3n) is 2.38. The fourth-order valence-electron chi connectivity index (χ4n) is 1.40. The summed E-state index contributed by atoms with van der Waals surface area (Å²) in [5.41, 5.74) is -0.252. The van der Waals surface area contributed by atoms with E-state index in [-0.39, 0.29) is 12.0 Å². The maximum Gasteiger partial charge on any atom is 0.334 e. The number of carbonyl (C=O) groups is 2. The highest BCUT2D eigenvalue weighted by atomic mass is 16.6. The van der Waals surface area contributed by atoms with Gasteiger partial charge < -0.3 is 9.84 Å². The van der Waals surface area contributed by atoms with Gasteiger partial charge in [0.05, 0.1) is 0 Å². The molecule has 0 atom stereocenters. The average Bonchev–Trinajstić information content (AvgIpc) is 2.97. The maximum atomic E-state index is 11.6. The minimum Gasteiger partial charge on any atom is -0.478 e. The van der Waals surface area contributed by atoms with Gasteiger partial charge in [-0.15, -0.1) is 0 Å². The summed E-state index contributed by atoms with van der Waals surface area (Å²) < 4.78 is 5.28. The summed E-state index contributed by atoms with van der Waals surface area (Å²) in [5, 5.41) is 8.39. The van der Waals surface area contributed by atoms with Crippen molar-refractivity contribution in [2.45, 2.75) is 31.8 Å². The molecule has 4 heteroatoms. The van der Waals surface area contributed by atoms with Crippen molar-refractivity contribution in [1.29, 1.82) is 0 Å². The van der Waals surface area contributed by atoms with Crippen LogP contribution in [-0.2, 0) is 14.3 Å². The van der Waals surface area contributed by atoms with Crippen LogP contribution in [0.4, 0.5) is 0 Å². The minimum atomic E-state index is -1.04. The van der Waals surface area contributed by atoms with E-state index in [1.165, 1.54) is 6.08 Å². The van der Waals surface area contributed by atoms with Crippen LogP contribution in [0.3, 0.4) is 0 Å². The van der Waals surface area contributed by atoms with E-state index in [0.717, 1.165) is 18.9 Å². The van der Waals surface area contributed by atoms with Gasteiger partial charge in [0.25, 0.3) is 0 Å². The Morgan fingerprint density at radius 2 is 2.12 bits per heavy atom. The number of hydrogen-bond acceptors (Lipinski definition) is 3. The number of allylic oxidation sites excluding steroid dienone is 1. The number of aliphatic carboxylic acids is 1. The monoisotopic (exact) mass is 236 g/mol. The standard InChI is InChI=1S/C13H16O4/c1-3-7-13(8-9-13)17-12(16)10(2)5-4-6-11(14)15/h4,6,8-9H,2-3,5,7H2,1H3,(H,14,15). The lowest BCUT2D eigenvalue weighted by Crippen LogP contribution is -2.21. The predicted molar refractivity (Wildman–Crippen MR) is 63.4 cm³/mol. The number of ether oxygens (including phenoxy) is 1. The summed E-state index contributed by atoms with van der Waals surface area (Å²) in [5.74, 6) is -1.52. The second-order valence-electron chi connectivity index (χ2n) is 3.98. The van der Waals surface area contributed by atoms with E-state index in [2.05, 4.69) is 6.58 Å². The first-order valence-electron chi connectivity index (χ1n) is 5.50. The Kier molecular flexibility index (Phi) is 4.26. The maximum absolute atomic E-state index is 11.6. The Morgan fingerprint density at radius 1 is 1.47 bits per heavy atom. The zero-order valence-corrected chi connectivity index (χ0v) is 9.81. The van der Waals surface area contributed by atoms with Crippen molar-refractivity contribution in [3.05, 3.63) is 36.5 Å². The average molecular weight is 236 g/mol. The molecule has 0 saturated heterocycles. The lowest BCUT2D eigenvalue weighted by Gasteiger charge is -2.16. The molecule has 0 heterocycles. The van der Waals surface area contributed by atoms with Gasteiger partial charge in [-0.2, -0.15) is 0 Å². The highest BCUT2D eigenvalue weighted by Crippen LogP contribution is 2.34. The van der Waals surface area contributed by atoms with Crippen LogP contribution in [-0.4, -0.2) is 22.6 Å². The van der Waals surface area contributed by atoms with Crippen molar-refractivity contribution in [1.82, 2.24) is 0 Å². The fraction of sp³-hybridized carbons (Fsp3) is 0.385. The Bertz CT molecular complexity index is 384. The van der Waals surface area contributed by atoms with Gasteiger partial charge in [-0.25, -0.2) is 9.59 Å². The lowest BCUT2D eigenvalue weighted by molar-refractivity contribution is -0.145. The van der Waals surface area contributed by atoms with Crippen LogP contribution in [0.25, 0.3) is 0 Å². The van der Waals surface area contributed by atoms with Gasteiger partial charge in [0.1, 0.15) is 5.60 Å².